The van der Waals surface area contributed by atoms with E-state index in [1.807, 2.05) is 13.8 Å². The van der Waals surface area contributed by atoms with Crippen LogP contribution in [0.25, 0.3) is 0 Å². The molecule has 1 amide bonds. The van der Waals surface area contributed by atoms with E-state index in [9.17, 15) is 14.9 Å². The summed E-state index contributed by atoms with van der Waals surface area (Å²) in [5.41, 5.74) is 6.54. The minimum absolute atomic E-state index is 0.0169. The fourth-order valence-corrected chi connectivity index (χ4v) is 2.67. The van der Waals surface area contributed by atoms with Gasteiger partial charge >= 0.3 is 0 Å². The van der Waals surface area contributed by atoms with E-state index >= 15 is 0 Å². The van der Waals surface area contributed by atoms with Crippen molar-refractivity contribution in [1.29, 1.82) is 0 Å². The van der Waals surface area contributed by atoms with Crippen LogP contribution in [0.4, 0.5) is 5.69 Å². The van der Waals surface area contributed by atoms with Crippen molar-refractivity contribution in [3.05, 3.63) is 39.9 Å². The molecule has 0 saturated carbocycles. The number of amides is 1. The summed E-state index contributed by atoms with van der Waals surface area (Å²) in [5, 5.41) is 11.1. The summed E-state index contributed by atoms with van der Waals surface area (Å²) in [5.74, 6) is -0.0503. The lowest BCUT2D eigenvalue weighted by Gasteiger charge is -2.30. The van der Waals surface area contributed by atoms with Gasteiger partial charge in [0.15, 0.2) is 0 Å². The Hall–Kier alpha value is -1.95. The van der Waals surface area contributed by atoms with Crippen LogP contribution in [-0.2, 0) is 4.79 Å². The number of rotatable bonds is 3. The lowest BCUT2D eigenvalue weighted by molar-refractivity contribution is -0.386. The smallest absolute Gasteiger partial charge is 0.274 e. The van der Waals surface area contributed by atoms with Gasteiger partial charge in [-0.3, -0.25) is 14.9 Å². The molecule has 6 nitrogen and oxygen atoms in total. The zero-order valence-corrected chi connectivity index (χ0v) is 10.9. The molecule has 1 saturated heterocycles. The molecule has 0 bridgehead atoms. The number of nitro benzene ring substituents is 1. The van der Waals surface area contributed by atoms with Gasteiger partial charge in [0.05, 0.1) is 16.5 Å². The van der Waals surface area contributed by atoms with Crippen LogP contribution in [0.3, 0.4) is 0 Å². The van der Waals surface area contributed by atoms with Gasteiger partial charge in [0.1, 0.15) is 0 Å². The third-order valence-electron chi connectivity index (χ3n) is 3.41. The first-order chi connectivity index (χ1) is 8.93. The predicted molar refractivity (Wildman–Crippen MR) is 70.4 cm³/mol. The Labute approximate surface area is 111 Å². The Bertz CT molecular complexity index is 516. The van der Waals surface area contributed by atoms with Crippen molar-refractivity contribution in [3.63, 3.8) is 0 Å². The molecule has 1 fully saturated rings. The van der Waals surface area contributed by atoms with Crippen molar-refractivity contribution < 1.29 is 9.72 Å². The van der Waals surface area contributed by atoms with Crippen molar-refractivity contribution in [2.75, 3.05) is 0 Å². The number of benzene rings is 1. The molecule has 19 heavy (non-hydrogen) atoms. The van der Waals surface area contributed by atoms with Crippen molar-refractivity contribution in [3.8, 4) is 0 Å². The molecule has 2 N–H and O–H groups in total. The zero-order chi connectivity index (χ0) is 14.2. The number of carbonyl (C=O) groups excluding carboxylic acids is 1. The van der Waals surface area contributed by atoms with E-state index in [1.54, 1.807) is 23.1 Å². The maximum atomic E-state index is 12.0. The maximum absolute atomic E-state index is 12.0. The van der Waals surface area contributed by atoms with Gasteiger partial charge in [-0.05, 0) is 13.8 Å². The van der Waals surface area contributed by atoms with Crippen LogP contribution in [0.15, 0.2) is 24.3 Å². The highest BCUT2D eigenvalue weighted by molar-refractivity contribution is 5.81. The first-order valence-electron chi connectivity index (χ1n) is 6.23. The Morgan fingerprint density at radius 1 is 1.42 bits per heavy atom. The zero-order valence-electron chi connectivity index (χ0n) is 10.9. The molecular formula is C13H17N3O3. The topological polar surface area (TPSA) is 89.5 Å². The largest absolute Gasteiger partial charge is 0.331 e. The van der Waals surface area contributed by atoms with Crippen LogP contribution in [-0.4, -0.2) is 27.8 Å². The molecule has 0 radical (unpaired) electrons. The number of hydrogen-bond donors (Lipinski definition) is 1. The minimum Gasteiger partial charge on any atom is -0.331 e. The molecule has 1 aliphatic heterocycles. The van der Waals surface area contributed by atoms with E-state index < -0.39 is 17.0 Å². The normalized spacial score (nSPS) is 23.2. The summed E-state index contributed by atoms with van der Waals surface area (Å²) in [6.07, 6.45) is 0.231. The number of likely N-dealkylation sites (tertiary alicyclic amines) is 1. The van der Waals surface area contributed by atoms with E-state index in [0.717, 1.165) is 0 Å². The second kappa shape index (κ2) is 4.97. The van der Waals surface area contributed by atoms with Gasteiger partial charge in [-0.25, -0.2) is 0 Å². The number of hydrogen-bond acceptors (Lipinski definition) is 4. The van der Waals surface area contributed by atoms with Crippen molar-refractivity contribution in [1.82, 2.24) is 4.90 Å². The molecule has 2 unspecified atom stereocenters. The van der Waals surface area contributed by atoms with Crippen molar-refractivity contribution in [2.45, 2.75) is 38.4 Å². The summed E-state index contributed by atoms with van der Waals surface area (Å²) < 4.78 is 0. The number of carbonyl (C=O) groups is 1. The third kappa shape index (κ3) is 2.31. The first kappa shape index (κ1) is 13.5. The highest BCUT2D eigenvalue weighted by Crippen LogP contribution is 2.37. The summed E-state index contributed by atoms with van der Waals surface area (Å²) in [7, 11) is 0. The molecule has 1 aromatic carbocycles. The second-order valence-corrected chi connectivity index (χ2v) is 5.02. The van der Waals surface area contributed by atoms with Crippen LogP contribution in [0.1, 0.15) is 31.9 Å². The number of nitrogens with zero attached hydrogens (tertiary/aromatic N) is 2. The van der Waals surface area contributed by atoms with Gasteiger partial charge < -0.3 is 10.6 Å². The van der Waals surface area contributed by atoms with Gasteiger partial charge in [-0.1, -0.05) is 18.2 Å². The standard InChI is InChI=1S/C13H17N3O3/c1-8(2)15-12(17)7-10(14)13(15)9-5-3-4-6-11(9)16(18)19/h3-6,8,10,13H,7,14H2,1-2H3. The molecule has 6 heteroatoms. The number of nitrogens with two attached hydrogens (primary N) is 1. The second-order valence-electron chi connectivity index (χ2n) is 5.02. The SMILES string of the molecule is CC(C)N1C(=O)CC(N)C1c1ccccc1[N+](=O)[O-]. The van der Waals surface area contributed by atoms with E-state index in [4.69, 9.17) is 5.73 Å². The first-order valence-corrected chi connectivity index (χ1v) is 6.23. The average molecular weight is 263 g/mol. The minimum atomic E-state index is -0.427. The van der Waals surface area contributed by atoms with E-state index in [0.29, 0.717) is 5.56 Å². The van der Waals surface area contributed by atoms with E-state index in [1.165, 1.54) is 6.07 Å². The van der Waals surface area contributed by atoms with Crippen molar-refractivity contribution in [2.24, 2.45) is 5.73 Å². The lowest BCUT2D eigenvalue weighted by atomic mass is 9.98. The van der Waals surface area contributed by atoms with Gasteiger partial charge in [0.2, 0.25) is 5.91 Å². The lowest BCUT2D eigenvalue weighted by Crippen LogP contribution is -2.37. The average Bonchev–Trinajstić information content (AvgIpc) is 2.64. The Morgan fingerprint density at radius 3 is 2.63 bits per heavy atom. The van der Waals surface area contributed by atoms with Crippen LogP contribution < -0.4 is 5.73 Å². The van der Waals surface area contributed by atoms with Crippen molar-refractivity contribution >= 4 is 11.6 Å². The van der Waals surface area contributed by atoms with Crippen LogP contribution in [0.5, 0.6) is 0 Å². The van der Waals surface area contributed by atoms with E-state index in [-0.39, 0.29) is 24.1 Å². The summed E-state index contributed by atoms with van der Waals surface area (Å²) in [6, 6.07) is 5.61. The summed E-state index contributed by atoms with van der Waals surface area (Å²) in [6.45, 7) is 3.77. The fourth-order valence-electron chi connectivity index (χ4n) is 2.67. The van der Waals surface area contributed by atoms with Crippen LogP contribution in [0.2, 0.25) is 0 Å². The highest BCUT2D eigenvalue weighted by Gasteiger charge is 2.42. The fraction of sp³-hybridized carbons (Fsp3) is 0.462. The molecule has 1 heterocycles. The molecule has 0 aromatic heterocycles. The van der Waals surface area contributed by atoms with E-state index in [2.05, 4.69) is 0 Å². The molecule has 2 atom stereocenters. The molecule has 0 spiro atoms. The summed E-state index contributed by atoms with van der Waals surface area (Å²) in [4.78, 5) is 24.3. The van der Waals surface area contributed by atoms with Gasteiger partial charge in [-0.15, -0.1) is 0 Å². The molecule has 0 aliphatic carbocycles. The molecule has 1 aromatic rings. The quantitative estimate of drug-likeness (QED) is 0.662. The predicted octanol–water partition coefficient (Wildman–Crippen LogP) is 1.60. The third-order valence-corrected chi connectivity index (χ3v) is 3.41. The Balaban J connectivity index is 2.50. The highest BCUT2D eigenvalue weighted by atomic mass is 16.6. The molecule has 102 valence electrons. The van der Waals surface area contributed by atoms with Crippen LogP contribution >= 0.6 is 0 Å². The van der Waals surface area contributed by atoms with Gasteiger partial charge in [0, 0.05) is 24.6 Å². The van der Waals surface area contributed by atoms with Gasteiger partial charge in [0.25, 0.3) is 5.69 Å². The number of para-hydroxylation sites is 1. The summed E-state index contributed by atoms with van der Waals surface area (Å²) >= 11 is 0. The van der Waals surface area contributed by atoms with Crippen LogP contribution in [0, 0.1) is 10.1 Å². The molecule has 1 aliphatic rings. The Morgan fingerprint density at radius 2 is 2.05 bits per heavy atom. The molecule has 2 rings (SSSR count). The van der Waals surface area contributed by atoms with Gasteiger partial charge in [-0.2, -0.15) is 0 Å². The Kier molecular flexibility index (Phi) is 3.53. The maximum Gasteiger partial charge on any atom is 0.274 e. The number of nitro groups is 1. The monoisotopic (exact) mass is 263 g/mol. The molecular weight excluding hydrogens is 246 g/mol.